The highest BCUT2D eigenvalue weighted by Crippen LogP contribution is 2.56. The van der Waals surface area contributed by atoms with Crippen molar-refractivity contribution in [1.29, 1.82) is 0 Å². The average molecular weight is 269 g/mol. The summed E-state index contributed by atoms with van der Waals surface area (Å²) in [6.45, 7) is 1.94. The van der Waals surface area contributed by atoms with Gasteiger partial charge in [-0.15, -0.1) is 0 Å². The normalized spacial score (nSPS) is 40.0. The lowest BCUT2D eigenvalue weighted by Crippen LogP contribution is -2.59. The molecule has 102 valence electrons. The van der Waals surface area contributed by atoms with Crippen molar-refractivity contribution in [3.05, 3.63) is 48.0 Å². The maximum absolute atomic E-state index is 12.3. The fraction of sp³-hybridized carbons (Fsp3) is 0.375. The van der Waals surface area contributed by atoms with Crippen LogP contribution in [0.2, 0.25) is 0 Å². The van der Waals surface area contributed by atoms with Crippen LogP contribution in [0.25, 0.3) is 0 Å². The van der Waals surface area contributed by atoms with Gasteiger partial charge in [0.15, 0.2) is 0 Å². The van der Waals surface area contributed by atoms with E-state index < -0.39 is 5.60 Å². The molecule has 1 aliphatic heterocycles. The van der Waals surface area contributed by atoms with E-state index in [0.717, 1.165) is 0 Å². The van der Waals surface area contributed by atoms with Crippen LogP contribution in [-0.4, -0.2) is 23.5 Å². The van der Waals surface area contributed by atoms with Crippen LogP contribution in [0.4, 0.5) is 0 Å². The minimum Gasteiger partial charge on any atom is -0.454 e. The van der Waals surface area contributed by atoms with Crippen molar-refractivity contribution >= 4 is 11.9 Å². The zero-order chi connectivity index (χ0) is 13.9. The summed E-state index contributed by atoms with van der Waals surface area (Å²) in [5.74, 6) is -0.185. The van der Waals surface area contributed by atoms with Gasteiger partial charge < -0.3 is 10.1 Å². The Balaban J connectivity index is 1.61. The number of rotatable bonds is 2. The average Bonchev–Trinajstić information content (AvgIpc) is 2.83. The standard InChI is InChI=1S/C16H15NO3/c1-16(20-15(19)9-5-3-2-4-6-9)10-7-8-11(16)13-12(10)14(18)17-13/h2-8,10-13H,1H3,(H,17,18)/t10-,11-,12-,13-,16+/m0/s1. The Morgan fingerprint density at radius 2 is 1.90 bits per heavy atom. The van der Waals surface area contributed by atoms with E-state index in [1.54, 1.807) is 12.1 Å². The van der Waals surface area contributed by atoms with E-state index in [4.69, 9.17) is 4.74 Å². The molecule has 3 aliphatic rings. The van der Waals surface area contributed by atoms with Crippen LogP contribution in [0.1, 0.15) is 17.3 Å². The van der Waals surface area contributed by atoms with Gasteiger partial charge in [-0.05, 0) is 19.1 Å². The van der Waals surface area contributed by atoms with Crippen molar-refractivity contribution in [3.63, 3.8) is 0 Å². The van der Waals surface area contributed by atoms with Crippen molar-refractivity contribution in [1.82, 2.24) is 5.32 Å². The highest BCUT2D eigenvalue weighted by Gasteiger charge is 2.68. The predicted molar refractivity (Wildman–Crippen MR) is 71.8 cm³/mol. The van der Waals surface area contributed by atoms with Crippen LogP contribution in [0.3, 0.4) is 0 Å². The Labute approximate surface area is 116 Å². The van der Waals surface area contributed by atoms with Crippen molar-refractivity contribution < 1.29 is 14.3 Å². The molecule has 0 aromatic heterocycles. The van der Waals surface area contributed by atoms with Gasteiger partial charge in [0.2, 0.25) is 5.91 Å². The second-order valence-corrected chi connectivity index (χ2v) is 5.94. The zero-order valence-electron chi connectivity index (χ0n) is 11.1. The number of benzene rings is 1. The molecular formula is C16H15NO3. The summed E-state index contributed by atoms with van der Waals surface area (Å²) < 4.78 is 5.81. The lowest BCUT2D eigenvalue weighted by molar-refractivity contribution is -0.135. The van der Waals surface area contributed by atoms with Gasteiger partial charge in [0, 0.05) is 11.8 Å². The maximum atomic E-state index is 12.3. The molecule has 2 aliphatic carbocycles. The molecule has 1 heterocycles. The molecule has 0 unspecified atom stereocenters. The summed E-state index contributed by atoms with van der Waals surface area (Å²) in [5, 5.41) is 2.92. The molecule has 1 amide bonds. The first-order valence-corrected chi connectivity index (χ1v) is 6.88. The van der Waals surface area contributed by atoms with Gasteiger partial charge in [0.25, 0.3) is 0 Å². The molecule has 1 aromatic rings. The Kier molecular flexibility index (Phi) is 2.18. The number of hydrogen-bond donors (Lipinski definition) is 1. The van der Waals surface area contributed by atoms with Gasteiger partial charge in [0.05, 0.1) is 17.5 Å². The fourth-order valence-corrected chi connectivity index (χ4v) is 3.88. The fourth-order valence-electron chi connectivity index (χ4n) is 3.88. The van der Waals surface area contributed by atoms with E-state index in [9.17, 15) is 9.59 Å². The quantitative estimate of drug-likeness (QED) is 0.503. The third-order valence-corrected chi connectivity index (χ3v) is 4.94. The number of hydrogen-bond acceptors (Lipinski definition) is 3. The van der Waals surface area contributed by atoms with Gasteiger partial charge in [-0.25, -0.2) is 4.79 Å². The number of esters is 1. The molecular weight excluding hydrogens is 254 g/mol. The summed E-state index contributed by atoms with van der Waals surface area (Å²) in [6, 6.07) is 9.11. The smallest absolute Gasteiger partial charge is 0.338 e. The van der Waals surface area contributed by atoms with Crippen molar-refractivity contribution in [3.8, 4) is 0 Å². The molecule has 5 atom stereocenters. The van der Waals surface area contributed by atoms with E-state index >= 15 is 0 Å². The number of nitrogens with one attached hydrogen (secondary N) is 1. The van der Waals surface area contributed by atoms with Gasteiger partial charge in [-0.2, -0.15) is 0 Å². The summed E-state index contributed by atoms with van der Waals surface area (Å²) in [4.78, 5) is 23.9. The second-order valence-electron chi connectivity index (χ2n) is 5.94. The Hall–Kier alpha value is -2.10. The zero-order valence-corrected chi connectivity index (χ0v) is 11.1. The van der Waals surface area contributed by atoms with Crippen LogP contribution < -0.4 is 5.32 Å². The molecule has 2 bridgehead atoms. The second kappa shape index (κ2) is 3.72. The lowest BCUT2D eigenvalue weighted by atomic mass is 9.81. The Morgan fingerprint density at radius 3 is 2.55 bits per heavy atom. The van der Waals surface area contributed by atoms with Gasteiger partial charge in [-0.1, -0.05) is 30.4 Å². The molecule has 0 spiro atoms. The summed E-state index contributed by atoms with van der Waals surface area (Å²) in [7, 11) is 0. The van der Waals surface area contributed by atoms with Crippen LogP contribution in [0.15, 0.2) is 42.5 Å². The van der Waals surface area contributed by atoms with Crippen LogP contribution in [0, 0.1) is 17.8 Å². The van der Waals surface area contributed by atoms with E-state index in [1.807, 2.05) is 31.2 Å². The molecule has 20 heavy (non-hydrogen) atoms. The lowest BCUT2D eigenvalue weighted by Gasteiger charge is -2.36. The Morgan fingerprint density at radius 1 is 1.20 bits per heavy atom. The van der Waals surface area contributed by atoms with Crippen LogP contribution in [0.5, 0.6) is 0 Å². The molecule has 4 nitrogen and oxygen atoms in total. The number of β-lactam (4-membered cyclic amide) rings is 1. The molecule has 1 saturated carbocycles. The van der Waals surface area contributed by atoms with E-state index in [-0.39, 0.29) is 35.7 Å². The van der Waals surface area contributed by atoms with Gasteiger partial charge in [-0.3, -0.25) is 4.79 Å². The summed E-state index contributed by atoms with van der Waals surface area (Å²) >= 11 is 0. The van der Waals surface area contributed by atoms with Crippen molar-refractivity contribution in [2.45, 2.75) is 18.6 Å². The molecule has 1 aromatic carbocycles. The van der Waals surface area contributed by atoms with Crippen LogP contribution >= 0.6 is 0 Å². The van der Waals surface area contributed by atoms with Crippen molar-refractivity contribution in [2.75, 3.05) is 0 Å². The predicted octanol–water partition coefficient (Wildman–Crippen LogP) is 1.53. The minimum absolute atomic E-state index is 0.00101. The summed E-state index contributed by atoms with van der Waals surface area (Å²) in [6.07, 6.45) is 4.10. The molecule has 4 rings (SSSR count). The Bertz CT molecular complexity index is 624. The maximum Gasteiger partial charge on any atom is 0.338 e. The van der Waals surface area contributed by atoms with Gasteiger partial charge in [0.1, 0.15) is 5.60 Å². The van der Waals surface area contributed by atoms with Crippen molar-refractivity contribution in [2.24, 2.45) is 17.8 Å². The first kappa shape index (κ1) is 11.7. The highest BCUT2D eigenvalue weighted by molar-refractivity contribution is 5.91. The largest absolute Gasteiger partial charge is 0.454 e. The third kappa shape index (κ3) is 1.31. The number of carbonyl (C=O) groups is 2. The number of carbonyl (C=O) groups excluding carboxylic acids is 2. The molecule has 4 heteroatoms. The number of fused-ring (bicyclic) bond motifs is 5. The first-order chi connectivity index (χ1) is 9.61. The highest BCUT2D eigenvalue weighted by atomic mass is 16.6. The molecule has 1 N–H and O–H groups in total. The monoisotopic (exact) mass is 269 g/mol. The van der Waals surface area contributed by atoms with E-state index in [1.165, 1.54) is 0 Å². The number of amides is 1. The molecule has 0 radical (unpaired) electrons. The SMILES string of the molecule is C[C@]1(OC(=O)c2ccccc2)[C@H]2C=C[C@H]1[C@@H]1C(=O)N[C@H]12. The first-order valence-electron chi connectivity index (χ1n) is 6.88. The van der Waals surface area contributed by atoms with E-state index in [2.05, 4.69) is 11.4 Å². The third-order valence-electron chi connectivity index (χ3n) is 4.94. The molecule has 2 fully saturated rings. The van der Waals surface area contributed by atoms with E-state index in [0.29, 0.717) is 5.56 Å². The topological polar surface area (TPSA) is 55.4 Å². The minimum atomic E-state index is -0.610. The number of ether oxygens (including phenoxy) is 1. The summed E-state index contributed by atoms with van der Waals surface area (Å²) in [5.41, 5.74) is -0.0619. The molecule has 1 saturated heterocycles. The van der Waals surface area contributed by atoms with Gasteiger partial charge >= 0.3 is 5.97 Å². The van der Waals surface area contributed by atoms with Crippen LogP contribution in [-0.2, 0) is 9.53 Å².